The van der Waals surface area contributed by atoms with Gasteiger partial charge in [-0.3, -0.25) is 0 Å². The first-order valence-corrected chi connectivity index (χ1v) is 15.8. The molecule has 3 aromatic heterocycles. The number of nitrogens with zero attached hydrogens (tertiary/aromatic N) is 5. The molecule has 6 aromatic carbocycles. The molecule has 0 bridgehead atoms. The van der Waals surface area contributed by atoms with Crippen LogP contribution < -0.4 is 0 Å². The number of aryl methyl sites for hydroxylation is 1. The van der Waals surface area contributed by atoms with Crippen molar-refractivity contribution in [3.63, 3.8) is 0 Å². The average molecular weight is 604 g/mol. The summed E-state index contributed by atoms with van der Waals surface area (Å²) in [6, 6.07) is 52.8. The van der Waals surface area contributed by atoms with Gasteiger partial charge in [0, 0.05) is 50.4 Å². The number of aromatic nitrogens is 5. The van der Waals surface area contributed by atoms with Gasteiger partial charge in [-0.2, -0.15) is 0 Å². The van der Waals surface area contributed by atoms with Gasteiger partial charge in [-0.25, -0.2) is 15.0 Å². The van der Waals surface area contributed by atoms with E-state index in [-0.39, 0.29) is 0 Å². The van der Waals surface area contributed by atoms with Crippen LogP contribution in [0.4, 0.5) is 0 Å². The Morgan fingerprint density at radius 1 is 0.426 bits per heavy atom. The first kappa shape index (κ1) is 27.0. The fourth-order valence-electron chi connectivity index (χ4n) is 6.72. The Labute approximate surface area is 272 Å². The summed E-state index contributed by atoms with van der Waals surface area (Å²) < 4.78 is 4.66. The van der Waals surface area contributed by atoms with E-state index in [2.05, 4.69) is 113 Å². The Morgan fingerprint density at radius 2 is 1.02 bits per heavy atom. The monoisotopic (exact) mass is 603 g/mol. The maximum absolute atomic E-state index is 5.04. The minimum Gasteiger partial charge on any atom is -0.316 e. The van der Waals surface area contributed by atoms with Gasteiger partial charge in [0.25, 0.3) is 0 Å². The molecule has 222 valence electrons. The quantitative estimate of drug-likeness (QED) is 0.197. The zero-order valence-corrected chi connectivity index (χ0v) is 25.7. The highest BCUT2D eigenvalue weighted by molar-refractivity contribution is 6.18. The second-order valence-corrected chi connectivity index (χ2v) is 11.9. The molecule has 0 amide bonds. The van der Waals surface area contributed by atoms with Crippen molar-refractivity contribution in [1.82, 2.24) is 24.1 Å². The zero-order chi connectivity index (χ0) is 31.3. The van der Waals surface area contributed by atoms with Crippen LogP contribution in [0.2, 0.25) is 0 Å². The molecule has 0 aliphatic carbocycles. The number of para-hydroxylation sites is 2. The second-order valence-electron chi connectivity index (χ2n) is 11.9. The van der Waals surface area contributed by atoms with Gasteiger partial charge in [0.1, 0.15) is 0 Å². The van der Waals surface area contributed by atoms with Gasteiger partial charge in [0.05, 0.1) is 16.6 Å². The van der Waals surface area contributed by atoms with Crippen molar-refractivity contribution in [2.75, 3.05) is 0 Å². The Hall–Kier alpha value is -6.33. The summed E-state index contributed by atoms with van der Waals surface area (Å²) in [7, 11) is 0. The molecule has 9 aromatic rings. The van der Waals surface area contributed by atoms with E-state index in [1.54, 1.807) is 0 Å². The minimum absolute atomic E-state index is 0.642. The highest BCUT2D eigenvalue weighted by atomic mass is 15.0. The third kappa shape index (κ3) is 4.60. The lowest BCUT2D eigenvalue weighted by atomic mass is 10.1. The van der Waals surface area contributed by atoms with Crippen molar-refractivity contribution >= 4 is 32.7 Å². The predicted molar refractivity (Wildman–Crippen MR) is 192 cm³/mol. The maximum atomic E-state index is 5.04. The number of benzene rings is 6. The first-order chi connectivity index (χ1) is 23.2. The molecule has 0 unspecified atom stereocenters. The molecule has 0 spiro atoms. The fraction of sp³-hybridized carbons (Fsp3) is 0.0238. The van der Waals surface area contributed by atoms with Gasteiger partial charge in [-0.15, -0.1) is 0 Å². The van der Waals surface area contributed by atoms with Crippen molar-refractivity contribution in [3.8, 4) is 45.5 Å². The van der Waals surface area contributed by atoms with Crippen LogP contribution in [0.1, 0.15) is 5.56 Å². The van der Waals surface area contributed by atoms with Crippen LogP contribution in [0.3, 0.4) is 0 Å². The van der Waals surface area contributed by atoms with Gasteiger partial charge < -0.3 is 9.13 Å². The molecule has 0 saturated heterocycles. The summed E-state index contributed by atoms with van der Waals surface area (Å²) in [6.45, 7) is 2.14. The van der Waals surface area contributed by atoms with E-state index in [9.17, 15) is 0 Å². The Kier molecular flexibility index (Phi) is 6.28. The number of hydrogen-bond acceptors (Lipinski definition) is 3. The lowest BCUT2D eigenvalue weighted by Crippen LogP contribution is -2.01. The third-order valence-electron chi connectivity index (χ3n) is 8.81. The molecule has 3 heterocycles. The van der Waals surface area contributed by atoms with Crippen molar-refractivity contribution in [2.24, 2.45) is 0 Å². The normalized spacial score (nSPS) is 11.5. The molecule has 0 saturated carbocycles. The van der Waals surface area contributed by atoms with Crippen LogP contribution in [0.25, 0.3) is 78.2 Å². The molecule has 0 atom stereocenters. The van der Waals surface area contributed by atoms with Crippen LogP contribution in [-0.2, 0) is 0 Å². The van der Waals surface area contributed by atoms with E-state index in [4.69, 9.17) is 15.0 Å². The number of fused-ring (bicyclic) bond motifs is 5. The van der Waals surface area contributed by atoms with E-state index in [0.29, 0.717) is 17.5 Å². The van der Waals surface area contributed by atoms with Crippen LogP contribution in [0.15, 0.2) is 158 Å². The lowest BCUT2D eigenvalue weighted by molar-refractivity contribution is 1.07. The Bertz CT molecular complexity index is 2510. The molecule has 9 rings (SSSR count). The number of rotatable bonds is 5. The van der Waals surface area contributed by atoms with Gasteiger partial charge >= 0.3 is 0 Å². The van der Waals surface area contributed by atoms with Crippen molar-refractivity contribution in [1.29, 1.82) is 0 Å². The fourth-order valence-corrected chi connectivity index (χ4v) is 6.72. The van der Waals surface area contributed by atoms with Crippen molar-refractivity contribution in [3.05, 3.63) is 163 Å². The second kappa shape index (κ2) is 10.9. The van der Waals surface area contributed by atoms with E-state index < -0.39 is 0 Å². The van der Waals surface area contributed by atoms with Crippen LogP contribution in [0, 0.1) is 6.92 Å². The molecule has 0 radical (unpaired) electrons. The van der Waals surface area contributed by atoms with Crippen molar-refractivity contribution < 1.29 is 0 Å². The minimum atomic E-state index is 0.642. The van der Waals surface area contributed by atoms with Crippen molar-refractivity contribution in [2.45, 2.75) is 6.92 Å². The number of hydrogen-bond donors (Lipinski definition) is 0. The summed E-state index contributed by atoms with van der Waals surface area (Å²) >= 11 is 0. The largest absolute Gasteiger partial charge is 0.316 e. The smallest absolute Gasteiger partial charge is 0.164 e. The zero-order valence-electron chi connectivity index (χ0n) is 25.7. The molecule has 0 aliphatic rings. The van der Waals surface area contributed by atoms with E-state index in [1.165, 1.54) is 21.7 Å². The average Bonchev–Trinajstić information content (AvgIpc) is 3.72. The Balaban J connectivity index is 1.29. The molecular weight excluding hydrogens is 574 g/mol. The molecule has 0 fully saturated rings. The summed E-state index contributed by atoms with van der Waals surface area (Å²) in [6.07, 6.45) is 2.17. The van der Waals surface area contributed by atoms with Crippen LogP contribution in [0.5, 0.6) is 0 Å². The highest BCUT2D eigenvalue weighted by Gasteiger charge is 2.19. The van der Waals surface area contributed by atoms with E-state index in [1.807, 2.05) is 60.7 Å². The third-order valence-corrected chi connectivity index (χ3v) is 8.81. The molecule has 5 nitrogen and oxygen atoms in total. The van der Waals surface area contributed by atoms with E-state index >= 15 is 0 Å². The Morgan fingerprint density at radius 3 is 1.70 bits per heavy atom. The molecule has 47 heavy (non-hydrogen) atoms. The van der Waals surface area contributed by atoms with Gasteiger partial charge in [0.15, 0.2) is 17.5 Å². The summed E-state index contributed by atoms with van der Waals surface area (Å²) in [4.78, 5) is 15.0. The highest BCUT2D eigenvalue weighted by Crippen LogP contribution is 2.38. The lowest BCUT2D eigenvalue weighted by Gasteiger charge is -2.13. The molecule has 0 N–H and O–H groups in total. The standard InChI is InChI=1S/C42H29N5/c1-28-25-31(42-44-40(29-13-5-2-6-14-29)43-41(45-42)30-15-7-3-8-16-30)27-33(26-28)47-38-20-12-11-19-34(38)35-21-22-37-36(39(35)47)23-24-46(37)32-17-9-4-10-18-32/h2-27H,1H3. The SMILES string of the molecule is Cc1cc(-c2nc(-c3ccccc3)nc(-c3ccccc3)n2)cc(-n2c3ccccc3c3ccc4c(ccn4-c4ccccc4)c32)c1. The summed E-state index contributed by atoms with van der Waals surface area (Å²) in [5, 5.41) is 3.64. The van der Waals surface area contributed by atoms with Crippen LogP contribution >= 0.6 is 0 Å². The van der Waals surface area contributed by atoms with Gasteiger partial charge in [-0.05, 0) is 61.0 Å². The van der Waals surface area contributed by atoms with Gasteiger partial charge in [0.2, 0.25) is 0 Å². The summed E-state index contributed by atoms with van der Waals surface area (Å²) in [5.74, 6) is 1.94. The van der Waals surface area contributed by atoms with Gasteiger partial charge in [-0.1, -0.05) is 103 Å². The topological polar surface area (TPSA) is 48.5 Å². The molecule has 5 heteroatoms. The van der Waals surface area contributed by atoms with Crippen LogP contribution in [-0.4, -0.2) is 24.1 Å². The molecule has 0 aliphatic heterocycles. The van der Waals surface area contributed by atoms with E-state index in [0.717, 1.165) is 44.7 Å². The summed E-state index contributed by atoms with van der Waals surface area (Å²) in [5.41, 5.74) is 9.68. The first-order valence-electron chi connectivity index (χ1n) is 15.8. The maximum Gasteiger partial charge on any atom is 0.164 e. The molecular formula is C42H29N5. The predicted octanol–water partition coefficient (Wildman–Crippen LogP) is 10.2.